The molecule has 1 N–H and O–H groups in total. The van der Waals surface area contributed by atoms with Gasteiger partial charge in [-0.2, -0.15) is 0 Å². The fourth-order valence-electron chi connectivity index (χ4n) is 3.77. The lowest BCUT2D eigenvalue weighted by atomic mass is 10.0. The molecule has 0 saturated carbocycles. The molecular weight excluding hydrogens is 546 g/mol. The first-order chi connectivity index (χ1) is 20.1. The van der Waals surface area contributed by atoms with E-state index < -0.39 is 30.4 Å². The molecule has 0 aliphatic heterocycles. The minimum absolute atomic E-state index is 0.0332. The van der Waals surface area contributed by atoms with Gasteiger partial charge in [0.1, 0.15) is 12.1 Å². The minimum atomic E-state index is -0.944. The van der Waals surface area contributed by atoms with E-state index in [1.54, 1.807) is 13.0 Å². The summed E-state index contributed by atoms with van der Waals surface area (Å²) >= 11 is 0. The van der Waals surface area contributed by atoms with Crippen LogP contribution in [-0.2, 0) is 35.0 Å². The van der Waals surface area contributed by atoms with Gasteiger partial charge in [0.2, 0.25) is 0 Å². The van der Waals surface area contributed by atoms with Gasteiger partial charge in [0.15, 0.2) is 11.5 Å². The van der Waals surface area contributed by atoms with Crippen molar-refractivity contribution in [3.8, 4) is 11.5 Å². The average molecular weight is 596 g/mol. The topological polar surface area (TPSA) is 136 Å². The number of nitrogens with one attached hydrogen (secondary N) is 1. The van der Waals surface area contributed by atoms with Gasteiger partial charge in [-0.1, -0.05) is 65.9 Å². The molecule has 0 bridgehead atoms. The minimum Gasteiger partial charge on any atom is -0.468 e. The van der Waals surface area contributed by atoms with Crippen molar-refractivity contribution < 1.29 is 47.6 Å². The van der Waals surface area contributed by atoms with E-state index >= 15 is 0 Å². The molecule has 238 valence electrons. The van der Waals surface area contributed by atoms with Gasteiger partial charge >= 0.3 is 24.2 Å². The Morgan fingerprint density at radius 1 is 0.833 bits per heavy atom. The van der Waals surface area contributed by atoms with Crippen molar-refractivity contribution in [1.82, 2.24) is 5.32 Å². The predicted molar refractivity (Wildman–Crippen MR) is 157 cm³/mol. The molecule has 11 heteroatoms. The molecule has 42 heavy (non-hydrogen) atoms. The smallest absolute Gasteiger partial charge is 0.468 e. The third-order valence-electron chi connectivity index (χ3n) is 6.45. The average Bonchev–Trinajstić information content (AvgIpc) is 2.96. The Hall–Kier alpha value is -3.34. The first kappa shape index (κ1) is 36.7. The van der Waals surface area contributed by atoms with E-state index in [1.807, 2.05) is 27.7 Å². The number of unbranched alkanes of at least 4 members (excludes halogenated alkanes) is 4. The van der Waals surface area contributed by atoms with E-state index in [1.165, 1.54) is 19.2 Å². The SMILES string of the molecule is CCCCCOC(=O)Oc1ccc(C[C@H](NCC(C)OC(=O)CC(C)CC)C(=O)OC)cc1OC(=O)OCCCCC. The van der Waals surface area contributed by atoms with Crippen LogP contribution in [0.25, 0.3) is 0 Å². The Labute approximate surface area is 249 Å². The molecule has 0 fully saturated rings. The Morgan fingerprint density at radius 3 is 1.98 bits per heavy atom. The molecule has 11 nitrogen and oxygen atoms in total. The van der Waals surface area contributed by atoms with Crippen LogP contribution in [0.1, 0.15) is 91.5 Å². The summed E-state index contributed by atoms with van der Waals surface area (Å²) in [5.74, 6) is -0.693. The zero-order chi connectivity index (χ0) is 31.3. The summed E-state index contributed by atoms with van der Waals surface area (Å²) in [6.07, 6.45) is 4.14. The van der Waals surface area contributed by atoms with Crippen molar-refractivity contribution in [2.45, 2.75) is 105 Å². The van der Waals surface area contributed by atoms with Gasteiger partial charge in [0.05, 0.1) is 20.3 Å². The van der Waals surface area contributed by atoms with E-state index in [0.29, 0.717) is 24.8 Å². The van der Waals surface area contributed by atoms with Gasteiger partial charge in [-0.05, 0) is 49.8 Å². The number of ether oxygens (including phenoxy) is 6. The maximum Gasteiger partial charge on any atom is 0.513 e. The third kappa shape index (κ3) is 15.6. The number of carbonyl (C=O) groups is 4. The predicted octanol–water partition coefficient (Wildman–Crippen LogP) is 6.14. The highest BCUT2D eigenvalue weighted by molar-refractivity contribution is 5.76. The molecule has 0 heterocycles. The molecule has 2 unspecified atom stereocenters. The van der Waals surface area contributed by atoms with Crippen LogP contribution < -0.4 is 14.8 Å². The lowest BCUT2D eigenvalue weighted by Gasteiger charge is -2.21. The van der Waals surface area contributed by atoms with Crippen LogP contribution in [0.4, 0.5) is 9.59 Å². The second-order valence-corrected chi connectivity index (χ2v) is 10.3. The molecule has 0 aliphatic carbocycles. The maximum atomic E-state index is 12.5. The number of hydrogen-bond acceptors (Lipinski definition) is 11. The molecule has 0 aromatic heterocycles. The number of hydrogen-bond donors (Lipinski definition) is 1. The highest BCUT2D eigenvalue weighted by atomic mass is 16.7. The van der Waals surface area contributed by atoms with Crippen LogP contribution in [0, 0.1) is 5.92 Å². The zero-order valence-corrected chi connectivity index (χ0v) is 26.0. The van der Waals surface area contributed by atoms with Crippen LogP contribution >= 0.6 is 0 Å². The molecule has 0 aliphatic rings. The third-order valence-corrected chi connectivity index (χ3v) is 6.45. The van der Waals surface area contributed by atoms with Gasteiger partial charge in [-0.15, -0.1) is 0 Å². The van der Waals surface area contributed by atoms with E-state index in [9.17, 15) is 19.2 Å². The second kappa shape index (κ2) is 21.4. The first-order valence-electron chi connectivity index (χ1n) is 15.0. The van der Waals surface area contributed by atoms with Gasteiger partial charge in [-0.25, -0.2) is 9.59 Å². The highest BCUT2D eigenvalue weighted by Crippen LogP contribution is 2.30. The summed E-state index contributed by atoms with van der Waals surface area (Å²) in [6, 6.07) is 3.78. The fraction of sp³-hybridized carbons (Fsp3) is 0.677. The zero-order valence-electron chi connectivity index (χ0n) is 26.0. The largest absolute Gasteiger partial charge is 0.513 e. The van der Waals surface area contributed by atoms with Gasteiger partial charge in [0.25, 0.3) is 0 Å². The standard InChI is InChI=1S/C31H49NO10/c1-7-10-12-16-38-30(35)41-26-15-14-24(20-27(26)42-31(36)39-17-13-11-8-2)19-25(29(34)37-6)32-21-23(5)40-28(33)18-22(4)9-3/h14-15,20,22-23,25,32H,7-13,16-19,21H2,1-6H3/t22?,23?,25-/m0/s1. The summed E-state index contributed by atoms with van der Waals surface area (Å²) in [6.45, 7) is 10.4. The van der Waals surface area contributed by atoms with Crippen molar-refractivity contribution in [3.05, 3.63) is 23.8 Å². The van der Waals surface area contributed by atoms with Crippen molar-refractivity contribution in [2.24, 2.45) is 5.92 Å². The molecule has 0 saturated heterocycles. The second-order valence-electron chi connectivity index (χ2n) is 10.3. The molecule has 0 radical (unpaired) electrons. The van der Waals surface area contributed by atoms with Crippen molar-refractivity contribution in [3.63, 3.8) is 0 Å². The summed E-state index contributed by atoms with van der Waals surface area (Å²) in [7, 11) is 1.28. The normalized spacial score (nSPS) is 12.9. The highest BCUT2D eigenvalue weighted by Gasteiger charge is 2.23. The summed E-state index contributed by atoms with van der Waals surface area (Å²) in [5, 5.41) is 3.08. The molecule has 3 atom stereocenters. The van der Waals surface area contributed by atoms with Gasteiger partial charge in [0, 0.05) is 13.0 Å². The van der Waals surface area contributed by atoms with Gasteiger partial charge < -0.3 is 33.7 Å². The van der Waals surface area contributed by atoms with Crippen LogP contribution in [0.5, 0.6) is 11.5 Å². The molecule has 0 spiro atoms. The van der Waals surface area contributed by atoms with E-state index in [0.717, 1.165) is 32.1 Å². The van der Waals surface area contributed by atoms with Gasteiger partial charge in [-0.3, -0.25) is 9.59 Å². The van der Waals surface area contributed by atoms with Crippen LogP contribution in [0.3, 0.4) is 0 Å². The molecule has 1 rings (SSSR count). The van der Waals surface area contributed by atoms with Crippen LogP contribution in [0.2, 0.25) is 0 Å². The molecular formula is C31H49NO10. The number of carbonyl (C=O) groups excluding carboxylic acids is 4. The first-order valence-corrected chi connectivity index (χ1v) is 15.0. The van der Waals surface area contributed by atoms with E-state index in [-0.39, 0.29) is 49.6 Å². The number of rotatable bonds is 20. The van der Waals surface area contributed by atoms with Crippen molar-refractivity contribution in [1.29, 1.82) is 0 Å². The fourth-order valence-corrected chi connectivity index (χ4v) is 3.77. The van der Waals surface area contributed by atoms with Crippen molar-refractivity contribution in [2.75, 3.05) is 26.9 Å². The maximum absolute atomic E-state index is 12.5. The Balaban J connectivity index is 2.99. The number of benzene rings is 1. The van der Waals surface area contributed by atoms with E-state index in [2.05, 4.69) is 5.32 Å². The van der Waals surface area contributed by atoms with E-state index in [4.69, 9.17) is 28.4 Å². The quantitative estimate of drug-likeness (QED) is 0.0806. The molecule has 1 aromatic carbocycles. The summed E-state index contributed by atoms with van der Waals surface area (Å²) < 4.78 is 31.3. The lowest BCUT2D eigenvalue weighted by Crippen LogP contribution is -2.43. The van der Waals surface area contributed by atoms with Crippen molar-refractivity contribution >= 4 is 24.2 Å². The Morgan fingerprint density at radius 2 is 1.43 bits per heavy atom. The Bertz CT molecular complexity index is 967. The summed E-state index contributed by atoms with van der Waals surface area (Å²) in [5.41, 5.74) is 0.580. The lowest BCUT2D eigenvalue weighted by molar-refractivity contribution is -0.149. The van der Waals surface area contributed by atoms with Crippen LogP contribution in [-0.4, -0.2) is 63.3 Å². The monoisotopic (exact) mass is 595 g/mol. The number of esters is 2. The molecule has 0 amide bonds. The summed E-state index contributed by atoms with van der Waals surface area (Å²) in [4.78, 5) is 49.3. The number of methoxy groups -OCH3 is 1. The van der Waals surface area contributed by atoms with Crippen LogP contribution in [0.15, 0.2) is 18.2 Å². The molecule has 1 aromatic rings. The Kier molecular flexibility index (Phi) is 18.7.